The molecule has 96 valence electrons. The first-order valence-corrected chi connectivity index (χ1v) is 6.19. The van der Waals surface area contributed by atoms with Gasteiger partial charge >= 0.3 is 0 Å². The number of nitrogens with two attached hydrogens (primary N) is 1. The first kappa shape index (κ1) is 11.6. The normalized spacial score (nSPS) is 16.3. The third-order valence-corrected chi connectivity index (χ3v) is 3.39. The summed E-state index contributed by atoms with van der Waals surface area (Å²) < 4.78 is 0. The van der Waals surface area contributed by atoms with Gasteiger partial charge in [-0.25, -0.2) is 0 Å². The highest BCUT2D eigenvalue weighted by Crippen LogP contribution is 2.33. The summed E-state index contributed by atoms with van der Waals surface area (Å²) in [6.07, 6.45) is 1.02. The van der Waals surface area contributed by atoms with Gasteiger partial charge in [0.2, 0.25) is 0 Å². The maximum absolute atomic E-state index is 11.9. The van der Waals surface area contributed by atoms with Crippen LogP contribution in [-0.2, 0) is 6.42 Å². The van der Waals surface area contributed by atoms with E-state index in [0.29, 0.717) is 24.0 Å². The Balaban J connectivity index is 1.59. The lowest BCUT2D eigenvalue weighted by molar-refractivity contribution is 0.0944. The highest BCUT2D eigenvalue weighted by molar-refractivity contribution is 5.92. The van der Waals surface area contributed by atoms with Crippen molar-refractivity contribution in [2.45, 2.75) is 12.3 Å². The Morgan fingerprint density at radius 2 is 2.11 bits per heavy atom. The number of nitrogen functional groups attached to an aromatic ring is 1. The Kier molecular flexibility index (Phi) is 2.87. The van der Waals surface area contributed by atoms with E-state index in [1.54, 1.807) is 12.1 Å². The van der Waals surface area contributed by atoms with Crippen molar-refractivity contribution in [3.63, 3.8) is 0 Å². The average Bonchev–Trinajstić information content (AvgIpc) is 2.40. The van der Waals surface area contributed by atoms with Crippen LogP contribution in [-0.4, -0.2) is 22.6 Å². The van der Waals surface area contributed by atoms with Crippen LogP contribution in [0, 0.1) is 0 Å². The Hall–Kier alpha value is -2.43. The predicted octanol–water partition coefficient (Wildman–Crippen LogP) is 1.13. The second-order valence-electron chi connectivity index (χ2n) is 4.65. The molecule has 5 heteroatoms. The van der Waals surface area contributed by atoms with Crippen LogP contribution in [0.3, 0.4) is 0 Å². The molecule has 2 aromatic rings. The first-order chi connectivity index (χ1) is 9.24. The summed E-state index contributed by atoms with van der Waals surface area (Å²) in [6.45, 7) is 0.627. The molecule has 0 saturated carbocycles. The second kappa shape index (κ2) is 4.68. The summed E-state index contributed by atoms with van der Waals surface area (Å²) in [6, 6.07) is 11.4. The number of rotatable bonds is 3. The van der Waals surface area contributed by atoms with E-state index in [0.717, 1.165) is 6.42 Å². The van der Waals surface area contributed by atoms with Crippen molar-refractivity contribution in [3.8, 4) is 0 Å². The number of nitrogens with zero attached hydrogens (tertiary/aromatic N) is 2. The van der Waals surface area contributed by atoms with Gasteiger partial charge in [-0.15, -0.1) is 10.2 Å². The number of aromatic nitrogens is 2. The second-order valence-corrected chi connectivity index (χ2v) is 4.65. The number of anilines is 1. The summed E-state index contributed by atoms with van der Waals surface area (Å²) in [5.74, 6) is 0.503. The SMILES string of the molecule is Nc1ccc(C(=O)NCC2Cc3ccccc32)nn1. The minimum atomic E-state index is -0.211. The third-order valence-electron chi connectivity index (χ3n) is 3.39. The van der Waals surface area contributed by atoms with Crippen molar-refractivity contribution in [3.05, 3.63) is 53.2 Å². The number of benzene rings is 1. The Morgan fingerprint density at radius 1 is 1.26 bits per heavy atom. The lowest BCUT2D eigenvalue weighted by Crippen LogP contribution is -2.33. The van der Waals surface area contributed by atoms with E-state index in [9.17, 15) is 4.79 Å². The van der Waals surface area contributed by atoms with Crippen molar-refractivity contribution in [2.24, 2.45) is 0 Å². The molecule has 3 rings (SSSR count). The van der Waals surface area contributed by atoms with E-state index in [1.807, 2.05) is 12.1 Å². The highest BCUT2D eigenvalue weighted by atomic mass is 16.1. The summed E-state index contributed by atoms with van der Waals surface area (Å²) in [5.41, 5.74) is 8.42. The third kappa shape index (κ3) is 2.27. The smallest absolute Gasteiger partial charge is 0.271 e. The number of carbonyl (C=O) groups is 1. The quantitative estimate of drug-likeness (QED) is 0.860. The maximum Gasteiger partial charge on any atom is 0.271 e. The van der Waals surface area contributed by atoms with E-state index in [1.165, 1.54) is 11.1 Å². The molecule has 0 aliphatic heterocycles. The van der Waals surface area contributed by atoms with Crippen molar-refractivity contribution < 1.29 is 4.79 Å². The van der Waals surface area contributed by atoms with Gasteiger partial charge in [-0.3, -0.25) is 4.79 Å². The van der Waals surface area contributed by atoms with Crippen molar-refractivity contribution in [1.29, 1.82) is 0 Å². The van der Waals surface area contributed by atoms with Crippen LogP contribution in [0.25, 0.3) is 0 Å². The summed E-state index contributed by atoms with van der Waals surface area (Å²) in [5, 5.41) is 10.3. The minimum Gasteiger partial charge on any atom is -0.382 e. The monoisotopic (exact) mass is 254 g/mol. The molecule has 1 unspecified atom stereocenters. The zero-order valence-electron chi connectivity index (χ0n) is 10.3. The number of amides is 1. The molecule has 1 aliphatic carbocycles. The lowest BCUT2D eigenvalue weighted by atomic mass is 9.77. The summed E-state index contributed by atoms with van der Waals surface area (Å²) in [7, 11) is 0. The predicted molar refractivity (Wildman–Crippen MR) is 71.7 cm³/mol. The molecule has 1 atom stereocenters. The largest absolute Gasteiger partial charge is 0.382 e. The number of carbonyl (C=O) groups excluding carboxylic acids is 1. The summed E-state index contributed by atoms with van der Waals surface area (Å²) >= 11 is 0. The number of hydrogen-bond donors (Lipinski definition) is 2. The number of hydrogen-bond acceptors (Lipinski definition) is 4. The molecular formula is C14H14N4O. The molecule has 1 aliphatic rings. The molecule has 1 heterocycles. The molecule has 0 bridgehead atoms. The average molecular weight is 254 g/mol. The minimum absolute atomic E-state index is 0.211. The fraction of sp³-hybridized carbons (Fsp3) is 0.214. The van der Waals surface area contributed by atoms with Gasteiger partial charge in [-0.05, 0) is 29.7 Å². The van der Waals surface area contributed by atoms with Crippen LogP contribution in [0.2, 0.25) is 0 Å². The first-order valence-electron chi connectivity index (χ1n) is 6.19. The van der Waals surface area contributed by atoms with Crippen molar-refractivity contribution in [2.75, 3.05) is 12.3 Å². The molecule has 0 fully saturated rings. The van der Waals surface area contributed by atoms with Crippen LogP contribution in [0.1, 0.15) is 27.5 Å². The fourth-order valence-electron chi connectivity index (χ4n) is 2.31. The van der Waals surface area contributed by atoms with Crippen molar-refractivity contribution in [1.82, 2.24) is 15.5 Å². The van der Waals surface area contributed by atoms with Gasteiger partial charge in [0.25, 0.3) is 5.91 Å². The molecule has 0 radical (unpaired) electrons. The van der Waals surface area contributed by atoms with Gasteiger partial charge in [-0.1, -0.05) is 24.3 Å². The van der Waals surface area contributed by atoms with E-state index in [4.69, 9.17) is 5.73 Å². The van der Waals surface area contributed by atoms with Gasteiger partial charge in [0, 0.05) is 12.5 Å². The molecule has 0 saturated heterocycles. The standard InChI is InChI=1S/C14H14N4O/c15-13-6-5-12(17-18-13)14(19)16-8-10-7-9-3-1-2-4-11(9)10/h1-6,10H,7-8H2,(H2,15,18)(H,16,19). The molecule has 1 amide bonds. The molecular weight excluding hydrogens is 240 g/mol. The van der Waals surface area contributed by atoms with Crippen LogP contribution in [0.4, 0.5) is 5.82 Å². The van der Waals surface area contributed by atoms with Crippen LogP contribution in [0.15, 0.2) is 36.4 Å². The van der Waals surface area contributed by atoms with Crippen LogP contribution < -0.4 is 11.1 Å². The van der Waals surface area contributed by atoms with Gasteiger partial charge in [0.1, 0.15) is 5.82 Å². The lowest BCUT2D eigenvalue weighted by Gasteiger charge is -2.30. The molecule has 0 spiro atoms. The highest BCUT2D eigenvalue weighted by Gasteiger charge is 2.25. The van der Waals surface area contributed by atoms with E-state index in [-0.39, 0.29) is 5.91 Å². The molecule has 19 heavy (non-hydrogen) atoms. The number of fused-ring (bicyclic) bond motifs is 1. The van der Waals surface area contributed by atoms with Crippen LogP contribution in [0.5, 0.6) is 0 Å². The topological polar surface area (TPSA) is 80.9 Å². The molecule has 3 N–H and O–H groups in total. The van der Waals surface area contributed by atoms with E-state index >= 15 is 0 Å². The molecule has 1 aromatic heterocycles. The fourth-order valence-corrected chi connectivity index (χ4v) is 2.31. The zero-order chi connectivity index (χ0) is 13.2. The number of nitrogens with one attached hydrogen (secondary N) is 1. The molecule has 5 nitrogen and oxygen atoms in total. The maximum atomic E-state index is 11.9. The van der Waals surface area contributed by atoms with Gasteiger partial charge < -0.3 is 11.1 Å². The zero-order valence-corrected chi connectivity index (χ0v) is 10.3. The van der Waals surface area contributed by atoms with Crippen LogP contribution >= 0.6 is 0 Å². The Labute approximate surface area is 110 Å². The Morgan fingerprint density at radius 3 is 2.84 bits per heavy atom. The van der Waals surface area contributed by atoms with E-state index < -0.39 is 0 Å². The van der Waals surface area contributed by atoms with Gasteiger partial charge in [0.15, 0.2) is 5.69 Å². The van der Waals surface area contributed by atoms with E-state index in [2.05, 4.69) is 27.6 Å². The van der Waals surface area contributed by atoms with Gasteiger partial charge in [-0.2, -0.15) is 0 Å². The Bertz CT molecular complexity index is 609. The summed E-state index contributed by atoms with van der Waals surface area (Å²) in [4.78, 5) is 11.9. The molecule has 1 aromatic carbocycles. The van der Waals surface area contributed by atoms with Crippen molar-refractivity contribution >= 4 is 11.7 Å². The van der Waals surface area contributed by atoms with Gasteiger partial charge in [0.05, 0.1) is 0 Å².